The largest absolute Gasteiger partial charge is 0.449 e. The zero-order valence-electron chi connectivity index (χ0n) is 8.51. The lowest BCUT2D eigenvalue weighted by molar-refractivity contribution is 0.0332. The fraction of sp³-hybridized carbons (Fsp3) is 0.636. The molecule has 1 N–H and O–H groups in total. The lowest BCUT2D eigenvalue weighted by atomic mass is 9.80. The number of furan rings is 1. The van der Waals surface area contributed by atoms with Crippen LogP contribution in [0.4, 0.5) is 0 Å². The van der Waals surface area contributed by atoms with Crippen LogP contribution >= 0.6 is 11.6 Å². The predicted octanol–water partition coefficient (Wildman–Crippen LogP) is 2.08. The molecule has 2 aliphatic heterocycles. The van der Waals surface area contributed by atoms with Gasteiger partial charge in [0, 0.05) is 37.8 Å². The van der Waals surface area contributed by atoms with Crippen LogP contribution in [-0.2, 0) is 16.7 Å². The summed E-state index contributed by atoms with van der Waals surface area (Å²) in [5.41, 5.74) is 1.31. The molecule has 3 rings (SSSR count). The highest BCUT2D eigenvalue weighted by Gasteiger charge is 2.39. The minimum absolute atomic E-state index is 0.0580. The second kappa shape index (κ2) is 3.51. The number of ether oxygens (including phenoxy) is 1. The Hall–Kier alpha value is -0.510. The Kier molecular flexibility index (Phi) is 2.27. The van der Waals surface area contributed by atoms with Gasteiger partial charge >= 0.3 is 0 Å². The maximum Gasteiger partial charge on any atom is 0.193 e. The van der Waals surface area contributed by atoms with Gasteiger partial charge in [0.15, 0.2) is 5.22 Å². The number of halogens is 1. The summed E-state index contributed by atoms with van der Waals surface area (Å²) in [5, 5.41) is 4.11. The van der Waals surface area contributed by atoms with E-state index in [0.717, 1.165) is 44.8 Å². The lowest BCUT2D eigenvalue weighted by Crippen LogP contribution is -2.50. The van der Waals surface area contributed by atoms with Gasteiger partial charge in [-0.1, -0.05) is 0 Å². The fourth-order valence-corrected chi connectivity index (χ4v) is 2.87. The Morgan fingerprint density at radius 2 is 2.13 bits per heavy atom. The van der Waals surface area contributed by atoms with Crippen molar-refractivity contribution in [2.24, 2.45) is 0 Å². The number of nitrogens with one attached hydrogen (secondary N) is 1. The number of rotatable bonds is 0. The van der Waals surface area contributed by atoms with Gasteiger partial charge in [-0.3, -0.25) is 0 Å². The van der Waals surface area contributed by atoms with Crippen LogP contribution in [0.25, 0.3) is 0 Å². The summed E-state index contributed by atoms with van der Waals surface area (Å²) < 4.78 is 10.9. The van der Waals surface area contributed by atoms with E-state index >= 15 is 0 Å². The van der Waals surface area contributed by atoms with Crippen LogP contribution in [0.3, 0.4) is 0 Å². The highest BCUT2D eigenvalue weighted by atomic mass is 35.5. The maximum absolute atomic E-state index is 5.93. The molecule has 1 aromatic heterocycles. The third-order valence-electron chi connectivity index (χ3n) is 3.46. The molecule has 4 heteroatoms. The molecule has 0 aliphatic carbocycles. The van der Waals surface area contributed by atoms with E-state index in [1.165, 1.54) is 5.56 Å². The first-order valence-electron chi connectivity index (χ1n) is 5.42. The van der Waals surface area contributed by atoms with Crippen LogP contribution in [0.5, 0.6) is 0 Å². The molecule has 3 nitrogen and oxygen atoms in total. The van der Waals surface area contributed by atoms with Crippen molar-refractivity contribution in [3.05, 3.63) is 22.6 Å². The van der Waals surface area contributed by atoms with Crippen molar-refractivity contribution in [2.45, 2.75) is 24.8 Å². The first kappa shape index (κ1) is 9.70. The normalized spacial score (nSPS) is 24.1. The van der Waals surface area contributed by atoms with Crippen LogP contribution in [0.1, 0.15) is 24.2 Å². The molecule has 1 saturated heterocycles. The van der Waals surface area contributed by atoms with E-state index in [0.29, 0.717) is 5.22 Å². The SMILES string of the molecule is Clc1cc2c(o1)CCNC21CCOCC1. The van der Waals surface area contributed by atoms with Crippen LogP contribution in [0.2, 0.25) is 5.22 Å². The van der Waals surface area contributed by atoms with Gasteiger partial charge in [-0.05, 0) is 24.4 Å². The molecule has 0 amide bonds. The van der Waals surface area contributed by atoms with Crippen molar-refractivity contribution in [2.75, 3.05) is 19.8 Å². The molecule has 0 unspecified atom stereocenters. The molecule has 0 saturated carbocycles. The molecule has 0 radical (unpaired) electrons. The third kappa shape index (κ3) is 1.50. The average Bonchev–Trinajstić information content (AvgIpc) is 2.62. The molecule has 0 atom stereocenters. The fourth-order valence-electron chi connectivity index (χ4n) is 2.66. The number of hydrogen-bond donors (Lipinski definition) is 1. The molecule has 15 heavy (non-hydrogen) atoms. The van der Waals surface area contributed by atoms with Gasteiger partial charge in [0.25, 0.3) is 0 Å². The monoisotopic (exact) mass is 227 g/mol. The molecule has 1 spiro atoms. The molecule has 1 aromatic rings. The molecule has 82 valence electrons. The van der Waals surface area contributed by atoms with Gasteiger partial charge in [0.05, 0.1) is 5.54 Å². The molecular formula is C11H14ClNO2. The molecule has 0 bridgehead atoms. The second-order valence-electron chi connectivity index (χ2n) is 4.26. The van der Waals surface area contributed by atoms with E-state index in [-0.39, 0.29) is 5.54 Å². The van der Waals surface area contributed by atoms with Gasteiger partial charge in [-0.15, -0.1) is 0 Å². The average molecular weight is 228 g/mol. The minimum atomic E-state index is 0.0580. The van der Waals surface area contributed by atoms with Gasteiger partial charge < -0.3 is 14.5 Å². The second-order valence-corrected chi connectivity index (χ2v) is 4.63. The third-order valence-corrected chi connectivity index (χ3v) is 3.64. The Labute approximate surface area is 93.7 Å². The molecular weight excluding hydrogens is 214 g/mol. The van der Waals surface area contributed by atoms with E-state index < -0.39 is 0 Å². The summed E-state index contributed by atoms with van der Waals surface area (Å²) in [6, 6.07) is 1.97. The van der Waals surface area contributed by atoms with Crippen LogP contribution < -0.4 is 5.32 Å². The summed E-state index contributed by atoms with van der Waals surface area (Å²) in [5.74, 6) is 1.06. The zero-order valence-corrected chi connectivity index (χ0v) is 9.27. The van der Waals surface area contributed by atoms with Crippen molar-refractivity contribution >= 4 is 11.6 Å². The predicted molar refractivity (Wildman–Crippen MR) is 57.2 cm³/mol. The topological polar surface area (TPSA) is 34.4 Å². The Bertz CT molecular complexity index is 369. The molecule has 2 aliphatic rings. The summed E-state index contributed by atoms with van der Waals surface area (Å²) in [7, 11) is 0. The Balaban J connectivity index is 2.03. The van der Waals surface area contributed by atoms with Crippen LogP contribution in [-0.4, -0.2) is 19.8 Å². The lowest BCUT2D eigenvalue weighted by Gasteiger charge is -2.40. The van der Waals surface area contributed by atoms with Crippen molar-refractivity contribution in [3.63, 3.8) is 0 Å². The summed E-state index contributed by atoms with van der Waals surface area (Å²) >= 11 is 5.93. The maximum atomic E-state index is 5.93. The van der Waals surface area contributed by atoms with E-state index in [9.17, 15) is 0 Å². The summed E-state index contributed by atoms with van der Waals surface area (Å²) in [6.07, 6.45) is 2.95. The molecule has 1 fully saturated rings. The van der Waals surface area contributed by atoms with Crippen LogP contribution in [0, 0.1) is 0 Å². The minimum Gasteiger partial charge on any atom is -0.449 e. The van der Waals surface area contributed by atoms with Crippen molar-refractivity contribution < 1.29 is 9.15 Å². The summed E-state index contributed by atoms with van der Waals surface area (Å²) in [4.78, 5) is 0. The van der Waals surface area contributed by atoms with E-state index in [1.54, 1.807) is 0 Å². The van der Waals surface area contributed by atoms with Crippen LogP contribution in [0.15, 0.2) is 10.5 Å². The Morgan fingerprint density at radius 3 is 2.93 bits per heavy atom. The number of fused-ring (bicyclic) bond motifs is 2. The van der Waals surface area contributed by atoms with E-state index in [2.05, 4.69) is 5.32 Å². The quantitative estimate of drug-likeness (QED) is 0.737. The molecule has 0 aromatic carbocycles. The van der Waals surface area contributed by atoms with Gasteiger partial charge in [-0.25, -0.2) is 0 Å². The first-order valence-corrected chi connectivity index (χ1v) is 5.79. The van der Waals surface area contributed by atoms with E-state index in [4.69, 9.17) is 20.8 Å². The zero-order chi connectivity index (χ0) is 10.3. The standard InChI is InChI=1S/C11H14ClNO2/c12-10-7-8-9(15-10)1-4-13-11(8)2-5-14-6-3-11/h7,13H,1-6H2. The van der Waals surface area contributed by atoms with Crippen molar-refractivity contribution in [1.82, 2.24) is 5.32 Å². The van der Waals surface area contributed by atoms with Crippen molar-refractivity contribution in [3.8, 4) is 0 Å². The first-order chi connectivity index (χ1) is 7.30. The van der Waals surface area contributed by atoms with E-state index in [1.807, 2.05) is 6.07 Å². The summed E-state index contributed by atoms with van der Waals surface area (Å²) in [6.45, 7) is 2.60. The molecule has 3 heterocycles. The smallest absolute Gasteiger partial charge is 0.193 e. The Morgan fingerprint density at radius 1 is 1.33 bits per heavy atom. The van der Waals surface area contributed by atoms with Gasteiger partial charge in [-0.2, -0.15) is 0 Å². The highest BCUT2D eigenvalue weighted by molar-refractivity contribution is 6.29. The van der Waals surface area contributed by atoms with Gasteiger partial charge in [0.2, 0.25) is 0 Å². The van der Waals surface area contributed by atoms with Gasteiger partial charge in [0.1, 0.15) is 5.76 Å². The highest BCUT2D eigenvalue weighted by Crippen LogP contribution is 2.39. The number of hydrogen-bond acceptors (Lipinski definition) is 3. The van der Waals surface area contributed by atoms with Crippen molar-refractivity contribution in [1.29, 1.82) is 0 Å².